The van der Waals surface area contributed by atoms with Crippen LogP contribution in [0.25, 0.3) is 0 Å². The third-order valence-corrected chi connectivity index (χ3v) is 3.72. The Morgan fingerprint density at radius 1 is 1.04 bits per heavy atom. The van der Waals surface area contributed by atoms with E-state index in [4.69, 9.17) is 4.74 Å². The summed E-state index contributed by atoms with van der Waals surface area (Å²) in [5.41, 5.74) is 0.829. The van der Waals surface area contributed by atoms with Gasteiger partial charge in [0, 0.05) is 6.07 Å². The summed E-state index contributed by atoms with van der Waals surface area (Å²) in [6, 6.07) is 15.5. The van der Waals surface area contributed by atoms with Crippen molar-refractivity contribution in [1.82, 2.24) is 10.3 Å². The first-order chi connectivity index (χ1) is 12.5. The number of hydrogen-bond donors (Lipinski definition) is 1. The van der Waals surface area contributed by atoms with Crippen molar-refractivity contribution >= 4 is 5.91 Å². The lowest BCUT2D eigenvalue weighted by Gasteiger charge is -2.16. The normalized spacial score (nSPS) is 11.7. The molecule has 2 aromatic carbocycles. The zero-order valence-corrected chi connectivity index (χ0v) is 13.9. The summed E-state index contributed by atoms with van der Waals surface area (Å²) >= 11 is 0. The molecule has 0 saturated carbocycles. The van der Waals surface area contributed by atoms with Crippen LogP contribution in [0.3, 0.4) is 0 Å². The van der Waals surface area contributed by atoms with Gasteiger partial charge in [0.2, 0.25) is 5.88 Å². The van der Waals surface area contributed by atoms with Crippen LogP contribution in [0.4, 0.5) is 8.78 Å². The van der Waals surface area contributed by atoms with E-state index >= 15 is 0 Å². The lowest BCUT2D eigenvalue weighted by atomic mass is 10.1. The number of nitrogens with zero attached hydrogens (tertiary/aromatic N) is 1. The maximum absolute atomic E-state index is 13.6. The first kappa shape index (κ1) is 17.5. The number of ether oxygens (including phenoxy) is 1. The first-order valence-corrected chi connectivity index (χ1v) is 7.97. The highest BCUT2D eigenvalue weighted by Crippen LogP contribution is 2.25. The largest absolute Gasteiger partial charge is 0.438 e. The van der Waals surface area contributed by atoms with Crippen LogP contribution in [0, 0.1) is 11.6 Å². The SMILES string of the molecule is C[C@H](NC(=O)c1cc(F)cnc1Oc1cccc(F)c1)c1ccccc1. The number of aromatic nitrogens is 1. The summed E-state index contributed by atoms with van der Waals surface area (Å²) in [5.74, 6) is -1.65. The monoisotopic (exact) mass is 354 g/mol. The molecule has 1 heterocycles. The number of rotatable bonds is 5. The fourth-order valence-corrected chi connectivity index (χ4v) is 2.41. The van der Waals surface area contributed by atoms with E-state index in [1.54, 1.807) is 0 Å². The minimum Gasteiger partial charge on any atom is -0.438 e. The van der Waals surface area contributed by atoms with Gasteiger partial charge in [-0.05, 0) is 30.7 Å². The first-order valence-electron chi connectivity index (χ1n) is 7.97. The Balaban J connectivity index is 1.84. The highest BCUT2D eigenvalue weighted by atomic mass is 19.1. The fraction of sp³-hybridized carbons (Fsp3) is 0.100. The molecular weight excluding hydrogens is 338 g/mol. The van der Waals surface area contributed by atoms with E-state index in [-0.39, 0.29) is 23.2 Å². The highest BCUT2D eigenvalue weighted by molar-refractivity contribution is 5.96. The number of nitrogens with one attached hydrogen (secondary N) is 1. The molecule has 0 unspecified atom stereocenters. The predicted molar refractivity (Wildman–Crippen MR) is 93.0 cm³/mol. The Morgan fingerprint density at radius 3 is 2.54 bits per heavy atom. The average molecular weight is 354 g/mol. The van der Waals surface area contributed by atoms with E-state index in [2.05, 4.69) is 10.3 Å². The molecule has 1 amide bonds. The van der Waals surface area contributed by atoms with Crippen LogP contribution in [-0.4, -0.2) is 10.9 Å². The van der Waals surface area contributed by atoms with E-state index in [1.807, 2.05) is 37.3 Å². The van der Waals surface area contributed by atoms with Crippen molar-refractivity contribution in [1.29, 1.82) is 0 Å². The number of carbonyl (C=O) groups excluding carboxylic acids is 1. The van der Waals surface area contributed by atoms with Crippen molar-refractivity contribution in [3.63, 3.8) is 0 Å². The number of pyridine rings is 1. The molecule has 0 aliphatic carbocycles. The number of carbonyl (C=O) groups is 1. The van der Waals surface area contributed by atoms with Crippen LogP contribution in [0.2, 0.25) is 0 Å². The second kappa shape index (κ2) is 7.74. The second-order valence-corrected chi connectivity index (χ2v) is 5.67. The second-order valence-electron chi connectivity index (χ2n) is 5.67. The Labute approximate surface area is 149 Å². The molecule has 0 radical (unpaired) electrons. The van der Waals surface area contributed by atoms with E-state index in [1.165, 1.54) is 18.2 Å². The third kappa shape index (κ3) is 4.22. The third-order valence-electron chi connectivity index (χ3n) is 3.72. The Kier molecular flexibility index (Phi) is 5.22. The number of halogens is 2. The molecule has 132 valence electrons. The fourth-order valence-electron chi connectivity index (χ4n) is 2.41. The van der Waals surface area contributed by atoms with Crippen molar-refractivity contribution in [2.45, 2.75) is 13.0 Å². The van der Waals surface area contributed by atoms with E-state index in [9.17, 15) is 13.6 Å². The van der Waals surface area contributed by atoms with Crippen LogP contribution in [-0.2, 0) is 0 Å². The molecule has 1 aromatic heterocycles. The van der Waals surface area contributed by atoms with Gasteiger partial charge in [0.15, 0.2) is 0 Å². The maximum Gasteiger partial charge on any atom is 0.257 e. The lowest BCUT2D eigenvalue weighted by molar-refractivity contribution is 0.0936. The molecule has 26 heavy (non-hydrogen) atoms. The van der Waals surface area contributed by atoms with Gasteiger partial charge in [-0.2, -0.15) is 0 Å². The Morgan fingerprint density at radius 2 is 1.81 bits per heavy atom. The molecule has 0 bridgehead atoms. The summed E-state index contributed by atoms with van der Waals surface area (Å²) in [7, 11) is 0. The zero-order chi connectivity index (χ0) is 18.5. The van der Waals surface area contributed by atoms with Crippen molar-refractivity contribution < 1.29 is 18.3 Å². The van der Waals surface area contributed by atoms with Crippen LogP contribution in [0.15, 0.2) is 66.9 Å². The van der Waals surface area contributed by atoms with Crippen molar-refractivity contribution in [2.24, 2.45) is 0 Å². The van der Waals surface area contributed by atoms with Gasteiger partial charge in [-0.1, -0.05) is 36.4 Å². The molecule has 0 aliphatic rings. The smallest absolute Gasteiger partial charge is 0.257 e. The summed E-state index contributed by atoms with van der Waals surface area (Å²) < 4.78 is 32.4. The molecule has 4 nitrogen and oxygen atoms in total. The minimum atomic E-state index is -0.672. The molecular formula is C20H16F2N2O2. The average Bonchev–Trinajstić information content (AvgIpc) is 2.64. The Hall–Kier alpha value is -3.28. The van der Waals surface area contributed by atoms with Gasteiger partial charge >= 0.3 is 0 Å². The van der Waals surface area contributed by atoms with Gasteiger partial charge in [-0.15, -0.1) is 0 Å². The molecule has 3 aromatic rings. The van der Waals surface area contributed by atoms with Crippen molar-refractivity contribution in [3.8, 4) is 11.6 Å². The molecule has 3 rings (SSSR count). The molecule has 0 aliphatic heterocycles. The standard InChI is InChI=1S/C20H16F2N2O2/c1-13(14-6-3-2-4-7-14)24-19(25)18-11-16(22)12-23-20(18)26-17-9-5-8-15(21)10-17/h2-13H,1H3,(H,24,25)/t13-/m0/s1. The minimum absolute atomic E-state index is 0.0722. The zero-order valence-electron chi connectivity index (χ0n) is 13.9. The van der Waals surface area contributed by atoms with Crippen LogP contribution >= 0.6 is 0 Å². The van der Waals surface area contributed by atoms with Crippen LogP contribution in [0.1, 0.15) is 28.9 Å². The molecule has 0 fully saturated rings. The summed E-state index contributed by atoms with van der Waals surface area (Å²) in [6.45, 7) is 1.81. The molecule has 1 N–H and O–H groups in total. The van der Waals surface area contributed by atoms with Gasteiger partial charge in [-0.25, -0.2) is 13.8 Å². The van der Waals surface area contributed by atoms with E-state index in [0.29, 0.717) is 0 Å². The molecule has 0 spiro atoms. The lowest BCUT2D eigenvalue weighted by Crippen LogP contribution is -2.27. The molecule has 0 saturated heterocycles. The van der Waals surface area contributed by atoms with E-state index < -0.39 is 17.5 Å². The summed E-state index contributed by atoms with van der Waals surface area (Å²) in [6.07, 6.45) is 0.937. The van der Waals surface area contributed by atoms with Crippen molar-refractivity contribution in [2.75, 3.05) is 0 Å². The number of hydrogen-bond acceptors (Lipinski definition) is 3. The van der Waals surface area contributed by atoms with Crippen molar-refractivity contribution in [3.05, 3.63) is 89.6 Å². The van der Waals surface area contributed by atoms with Gasteiger partial charge in [0.05, 0.1) is 12.2 Å². The maximum atomic E-state index is 13.6. The van der Waals surface area contributed by atoms with Crippen LogP contribution in [0.5, 0.6) is 11.6 Å². The number of benzene rings is 2. The quantitative estimate of drug-likeness (QED) is 0.726. The molecule has 6 heteroatoms. The topological polar surface area (TPSA) is 51.2 Å². The van der Waals surface area contributed by atoms with Gasteiger partial charge in [-0.3, -0.25) is 4.79 Å². The summed E-state index contributed by atoms with van der Waals surface area (Å²) in [4.78, 5) is 16.4. The molecule has 1 atom stereocenters. The van der Waals surface area contributed by atoms with Crippen LogP contribution < -0.4 is 10.1 Å². The Bertz CT molecular complexity index is 917. The predicted octanol–water partition coefficient (Wildman–Crippen LogP) is 4.64. The van der Waals surface area contributed by atoms with Gasteiger partial charge in [0.1, 0.15) is 22.9 Å². The van der Waals surface area contributed by atoms with E-state index in [0.717, 1.165) is 23.9 Å². The summed E-state index contributed by atoms with van der Waals surface area (Å²) in [5, 5.41) is 2.78. The highest BCUT2D eigenvalue weighted by Gasteiger charge is 2.19. The number of amides is 1. The van der Waals surface area contributed by atoms with Gasteiger partial charge < -0.3 is 10.1 Å². The van der Waals surface area contributed by atoms with Gasteiger partial charge in [0.25, 0.3) is 5.91 Å².